The molecule has 0 saturated carbocycles. The van der Waals surface area contributed by atoms with Crippen molar-refractivity contribution in [1.29, 1.82) is 0 Å². The summed E-state index contributed by atoms with van der Waals surface area (Å²) in [6.07, 6.45) is 3.20. The molecule has 1 amide bonds. The molecule has 1 fully saturated rings. The van der Waals surface area contributed by atoms with Gasteiger partial charge in [-0.05, 0) is 47.5 Å². The number of carbonyl (C=O) groups is 2. The molecule has 1 aliphatic rings. The molecule has 0 aliphatic carbocycles. The van der Waals surface area contributed by atoms with Gasteiger partial charge in [-0.2, -0.15) is 0 Å². The van der Waals surface area contributed by atoms with Crippen LogP contribution in [0.25, 0.3) is 5.76 Å². The van der Waals surface area contributed by atoms with Crippen LogP contribution >= 0.6 is 0 Å². The maximum Gasteiger partial charge on any atom is 0.295 e. The van der Waals surface area contributed by atoms with E-state index in [9.17, 15) is 19.8 Å². The molecule has 3 aromatic rings. The van der Waals surface area contributed by atoms with Gasteiger partial charge in [0.2, 0.25) is 0 Å². The second kappa shape index (κ2) is 9.04. The van der Waals surface area contributed by atoms with Gasteiger partial charge < -0.3 is 24.6 Å². The third-order valence-corrected chi connectivity index (χ3v) is 5.50. The number of pyridine rings is 1. The molecule has 0 radical (unpaired) electrons. The fourth-order valence-electron chi connectivity index (χ4n) is 3.86. The second-order valence-electron chi connectivity index (χ2n) is 7.45. The van der Waals surface area contributed by atoms with Gasteiger partial charge in [0.25, 0.3) is 11.7 Å². The monoisotopic (exact) mass is 446 g/mol. The average Bonchev–Trinajstić information content (AvgIpc) is 3.09. The van der Waals surface area contributed by atoms with Crippen molar-refractivity contribution in [2.75, 3.05) is 14.2 Å². The van der Waals surface area contributed by atoms with Gasteiger partial charge in [0.15, 0.2) is 11.5 Å². The van der Waals surface area contributed by atoms with E-state index in [1.54, 1.807) is 60.9 Å². The van der Waals surface area contributed by atoms with Crippen molar-refractivity contribution in [3.8, 4) is 17.2 Å². The van der Waals surface area contributed by atoms with E-state index >= 15 is 0 Å². The quantitative estimate of drug-likeness (QED) is 0.339. The lowest BCUT2D eigenvalue weighted by Crippen LogP contribution is -2.29. The number of benzene rings is 2. The molecule has 8 heteroatoms. The highest BCUT2D eigenvalue weighted by molar-refractivity contribution is 6.46. The van der Waals surface area contributed by atoms with Crippen LogP contribution in [0.4, 0.5) is 0 Å². The number of hydrogen-bond donors (Lipinski definition) is 2. The number of carbonyl (C=O) groups excluding carboxylic acids is 2. The molecule has 0 spiro atoms. The van der Waals surface area contributed by atoms with Gasteiger partial charge in [0.1, 0.15) is 11.5 Å². The van der Waals surface area contributed by atoms with Crippen molar-refractivity contribution in [2.24, 2.45) is 0 Å². The number of aromatic nitrogens is 1. The Hall–Kier alpha value is -4.33. The average molecular weight is 446 g/mol. The Bertz CT molecular complexity index is 1240. The zero-order chi connectivity index (χ0) is 23.5. The van der Waals surface area contributed by atoms with Crippen LogP contribution in [0, 0.1) is 0 Å². The summed E-state index contributed by atoms with van der Waals surface area (Å²) in [4.78, 5) is 31.6. The van der Waals surface area contributed by atoms with Gasteiger partial charge in [-0.3, -0.25) is 14.6 Å². The smallest absolute Gasteiger partial charge is 0.295 e. The number of aliphatic hydroxyl groups is 1. The van der Waals surface area contributed by atoms with Gasteiger partial charge >= 0.3 is 0 Å². The minimum absolute atomic E-state index is 0.0601. The van der Waals surface area contributed by atoms with E-state index in [-0.39, 0.29) is 29.4 Å². The first-order valence-electron chi connectivity index (χ1n) is 10.1. The maximum atomic E-state index is 13.1. The highest BCUT2D eigenvalue weighted by atomic mass is 16.5. The molecule has 0 bridgehead atoms. The molecule has 1 saturated heterocycles. The SMILES string of the molecule is COc1cccc(C(O)=C2C(=O)C(=O)N(Cc3ccncc3)C2c2ccc(O)c(OC)c2)c1. The topological polar surface area (TPSA) is 109 Å². The standard InChI is InChI=1S/C25H22N2O6/c1-32-18-5-3-4-17(12-18)23(29)21-22(16-6-7-19(28)20(13-16)33-2)27(25(31)24(21)30)14-15-8-10-26-11-9-15/h3-13,22,28-29H,14H2,1-2H3. The molecule has 2 heterocycles. The van der Waals surface area contributed by atoms with Crippen LogP contribution in [0.3, 0.4) is 0 Å². The Morgan fingerprint density at radius 1 is 1.03 bits per heavy atom. The van der Waals surface area contributed by atoms with Crippen molar-refractivity contribution in [3.63, 3.8) is 0 Å². The molecular formula is C25H22N2O6. The fraction of sp³-hybridized carbons (Fsp3) is 0.160. The summed E-state index contributed by atoms with van der Waals surface area (Å²) in [7, 11) is 2.90. The Balaban J connectivity index is 1.90. The molecule has 2 aromatic carbocycles. The largest absolute Gasteiger partial charge is 0.507 e. The molecule has 1 aliphatic heterocycles. The number of nitrogens with zero attached hydrogens (tertiary/aromatic N) is 2. The molecule has 4 rings (SSSR count). The Morgan fingerprint density at radius 2 is 1.79 bits per heavy atom. The number of phenolic OH excluding ortho intramolecular Hbond substituents is 1. The Morgan fingerprint density at radius 3 is 2.48 bits per heavy atom. The minimum Gasteiger partial charge on any atom is -0.507 e. The molecule has 1 aromatic heterocycles. The molecule has 8 nitrogen and oxygen atoms in total. The zero-order valence-electron chi connectivity index (χ0n) is 18.1. The number of amides is 1. The number of hydrogen-bond acceptors (Lipinski definition) is 7. The van der Waals surface area contributed by atoms with Gasteiger partial charge in [0, 0.05) is 24.5 Å². The number of ketones is 1. The summed E-state index contributed by atoms with van der Waals surface area (Å²) in [6, 6.07) is 13.7. The van der Waals surface area contributed by atoms with Gasteiger partial charge in [-0.25, -0.2) is 0 Å². The van der Waals surface area contributed by atoms with E-state index < -0.39 is 17.7 Å². The van der Waals surface area contributed by atoms with E-state index in [2.05, 4.69) is 4.98 Å². The molecule has 1 atom stereocenters. The summed E-state index contributed by atoms with van der Waals surface area (Å²) >= 11 is 0. The van der Waals surface area contributed by atoms with E-state index in [0.29, 0.717) is 16.9 Å². The normalized spacial score (nSPS) is 17.3. The number of ether oxygens (including phenoxy) is 2. The predicted molar refractivity (Wildman–Crippen MR) is 120 cm³/mol. The predicted octanol–water partition coefficient (Wildman–Crippen LogP) is 3.43. The summed E-state index contributed by atoms with van der Waals surface area (Å²) in [5.41, 5.74) is 1.55. The molecule has 168 valence electrons. The first-order chi connectivity index (χ1) is 15.9. The highest BCUT2D eigenvalue weighted by Crippen LogP contribution is 2.42. The van der Waals surface area contributed by atoms with Crippen LogP contribution in [-0.2, 0) is 16.1 Å². The lowest BCUT2D eigenvalue weighted by Gasteiger charge is -2.26. The second-order valence-corrected chi connectivity index (χ2v) is 7.45. The van der Waals surface area contributed by atoms with E-state index in [1.807, 2.05) is 0 Å². The zero-order valence-corrected chi connectivity index (χ0v) is 18.1. The minimum atomic E-state index is -0.904. The number of aliphatic hydroxyl groups excluding tert-OH is 1. The van der Waals surface area contributed by atoms with Crippen molar-refractivity contribution in [1.82, 2.24) is 9.88 Å². The summed E-state index contributed by atoms with van der Waals surface area (Å²) < 4.78 is 10.4. The van der Waals surface area contributed by atoms with Crippen LogP contribution in [0.5, 0.6) is 17.2 Å². The number of likely N-dealkylation sites (tertiary alicyclic amines) is 1. The number of methoxy groups -OCH3 is 2. The van der Waals surface area contributed by atoms with E-state index in [4.69, 9.17) is 9.47 Å². The highest BCUT2D eigenvalue weighted by Gasteiger charge is 2.46. The lowest BCUT2D eigenvalue weighted by atomic mass is 9.94. The summed E-state index contributed by atoms with van der Waals surface area (Å²) in [5, 5.41) is 21.2. The first kappa shape index (κ1) is 21.9. The van der Waals surface area contributed by atoms with Crippen molar-refractivity contribution in [2.45, 2.75) is 12.6 Å². The molecule has 33 heavy (non-hydrogen) atoms. The van der Waals surface area contributed by atoms with Crippen LogP contribution in [0.15, 0.2) is 72.6 Å². The van der Waals surface area contributed by atoms with Crippen molar-refractivity contribution in [3.05, 3.63) is 89.3 Å². The molecule has 2 N–H and O–H groups in total. The van der Waals surface area contributed by atoms with E-state index in [0.717, 1.165) is 5.56 Å². The molecule has 1 unspecified atom stereocenters. The third-order valence-electron chi connectivity index (χ3n) is 5.50. The number of phenols is 1. The van der Waals surface area contributed by atoms with Gasteiger partial charge in [0.05, 0.1) is 25.8 Å². The fourth-order valence-corrected chi connectivity index (χ4v) is 3.86. The molecular weight excluding hydrogens is 424 g/mol. The van der Waals surface area contributed by atoms with Crippen LogP contribution < -0.4 is 9.47 Å². The first-order valence-corrected chi connectivity index (χ1v) is 10.1. The van der Waals surface area contributed by atoms with Crippen LogP contribution in [-0.4, -0.2) is 46.0 Å². The third kappa shape index (κ3) is 4.10. The van der Waals surface area contributed by atoms with E-state index in [1.165, 1.54) is 25.2 Å². The summed E-state index contributed by atoms with van der Waals surface area (Å²) in [5.74, 6) is -1.27. The number of Topliss-reactive ketones (excluding diaryl/α,β-unsaturated/α-hetero) is 1. The van der Waals surface area contributed by atoms with Crippen LogP contribution in [0.1, 0.15) is 22.7 Å². The van der Waals surface area contributed by atoms with Gasteiger partial charge in [-0.1, -0.05) is 18.2 Å². The summed E-state index contributed by atoms with van der Waals surface area (Å²) in [6.45, 7) is 0.121. The van der Waals surface area contributed by atoms with Gasteiger partial charge in [-0.15, -0.1) is 0 Å². The van der Waals surface area contributed by atoms with Crippen LogP contribution in [0.2, 0.25) is 0 Å². The number of rotatable bonds is 6. The van der Waals surface area contributed by atoms with Crippen molar-refractivity contribution >= 4 is 17.4 Å². The number of aromatic hydroxyl groups is 1. The van der Waals surface area contributed by atoms with Crippen molar-refractivity contribution < 1.29 is 29.3 Å². The maximum absolute atomic E-state index is 13.1. The Kier molecular flexibility index (Phi) is 5.99. The lowest BCUT2D eigenvalue weighted by molar-refractivity contribution is -0.140. The Labute approximate surface area is 190 Å².